The van der Waals surface area contributed by atoms with Crippen LogP contribution in [-0.4, -0.2) is 16.7 Å². The average molecular weight is 353 g/mol. The van der Waals surface area contributed by atoms with Gasteiger partial charge in [-0.05, 0) is 57.0 Å². The first-order valence-electron chi connectivity index (χ1n) is 7.11. The van der Waals surface area contributed by atoms with Gasteiger partial charge in [-0.1, -0.05) is 28.0 Å². The first-order chi connectivity index (χ1) is 10.0. The van der Waals surface area contributed by atoms with Gasteiger partial charge in [-0.3, -0.25) is 0 Å². The number of benzene rings is 1. The van der Waals surface area contributed by atoms with E-state index in [1.807, 2.05) is 20.8 Å². The molecule has 1 unspecified atom stereocenters. The van der Waals surface area contributed by atoms with Crippen LogP contribution < -0.4 is 10.6 Å². The van der Waals surface area contributed by atoms with Crippen molar-refractivity contribution in [2.24, 2.45) is 0 Å². The summed E-state index contributed by atoms with van der Waals surface area (Å²) in [5, 5.41) is 14.7. The molecule has 5 nitrogen and oxygen atoms in total. The molecule has 0 fully saturated rings. The monoisotopic (exact) mass is 352 g/mol. The number of aromatic nitrogens is 2. The molecule has 1 aromatic carbocycles. The van der Waals surface area contributed by atoms with Crippen LogP contribution in [0.25, 0.3) is 0 Å². The van der Waals surface area contributed by atoms with Crippen LogP contribution in [0.4, 0.5) is 11.7 Å². The molecule has 1 heterocycles. The summed E-state index contributed by atoms with van der Waals surface area (Å²) in [7, 11) is 0. The van der Waals surface area contributed by atoms with Gasteiger partial charge in [-0.2, -0.15) is 0 Å². The van der Waals surface area contributed by atoms with Crippen molar-refractivity contribution >= 4 is 27.6 Å². The van der Waals surface area contributed by atoms with E-state index in [0.717, 1.165) is 34.3 Å². The third kappa shape index (κ3) is 4.04. The molecule has 2 rings (SSSR count). The highest BCUT2D eigenvalue weighted by molar-refractivity contribution is 9.10. The largest absolute Gasteiger partial charge is 0.406 e. The second-order valence-electron chi connectivity index (χ2n) is 5.16. The molecule has 0 bridgehead atoms. The van der Waals surface area contributed by atoms with E-state index in [9.17, 15) is 0 Å². The van der Waals surface area contributed by atoms with Crippen LogP contribution in [0, 0.1) is 13.8 Å². The molecule has 1 aromatic heterocycles. The Hall–Kier alpha value is -1.40. The van der Waals surface area contributed by atoms with Gasteiger partial charge in [0.2, 0.25) is 5.89 Å². The Balaban J connectivity index is 2.13. The Morgan fingerprint density at radius 1 is 1.24 bits per heavy atom. The first-order valence-corrected chi connectivity index (χ1v) is 7.91. The maximum absolute atomic E-state index is 5.68. The number of nitrogens with one attached hydrogen (secondary N) is 2. The third-order valence-corrected chi connectivity index (χ3v) is 3.70. The molecule has 0 radical (unpaired) electrons. The summed E-state index contributed by atoms with van der Waals surface area (Å²) >= 11 is 3.49. The summed E-state index contributed by atoms with van der Waals surface area (Å²) in [4.78, 5) is 0. The van der Waals surface area contributed by atoms with Gasteiger partial charge in [-0.15, -0.1) is 5.10 Å². The van der Waals surface area contributed by atoms with Crippen LogP contribution >= 0.6 is 15.9 Å². The molecule has 6 heteroatoms. The minimum absolute atomic E-state index is 0.0557. The van der Waals surface area contributed by atoms with E-state index in [4.69, 9.17) is 4.42 Å². The lowest BCUT2D eigenvalue weighted by Gasteiger charge is -2.10. The van der Waals surface area contributed by atoms with Crippen LogP contribution in [0.15, 0.2) is 21.0 Å². The van der Waals surface area contributed by atoms with Gasteiger partial charge in [0, 0.05) is 10.2 Å². The first kappa shape index (κ1) is 16.0. The SMILES string of the molecule is CCCNC(C)c1nnc(Nc2c(C)cc(Br)cc2C)o1. The van der Waals surface area contributed by atoms with E-state index in [0.29, 0.717) is 11.9 Å². The molecular formula is C15H21BrN4O. The topological polar surface area (TPSA) is 63.0 Å². The van der Waals surface area contributed by atoms with Crippen molar-refractivity contribution in [2.75, 3.05) is 11.9 Å². The van der Waals surface area contributed by atoms with Crippen molar-refractivity contribution in [3.8, 4) is 0 Å². The van der Waals surface area contributed by atoms with E-state index in [2.05, 4.69) is 55.8 Å². The lowest BCUT2D eigenvalue weighted by atomic mass is 10.1. The Labute approximate surface area is 133 Å². The maximum Gasteiger partial charge on any atom is 0.320 e. The second-order valence-corrected chi connectivity index (χ2v) is 6.08. The third-order valence-electron chi connectivity index (χ3n) is 3.24. The fraction of sp³-hybridized carbons (Fsp3) is 0.467. The van der Waals surface area contributed by atoms with E-state index >= 15 is 0 Å². The van der Waals surface area contributed by atoms with Gasteiger partial charge < -0.3 is 15.1 Å². The summed E-state index contributed by atoms with van der Waals surface area (Å²) in [6.45, 7) is 9.16. The predicted octanol–water partition coefficient (Wildman–Crippen LogP) is 4.25. The highest BCUT2D eigenvalue weighted by atomic mass is 79.9. The number of nitrogens with zero attached hydrogens (tertiary/aromatic N) is 2. The van der Waals surface area contributed by atoms with Crippen LogP contribution in [-0.2, 0) is 0 Å². The zero-order chi connectivity index (χ0) is 15.4. The normalized spacial score (nSPS) is 12.4. The number of hydrogen-bond acceptors (Lipinski definition) is 5. The molecule has 2 N–H and O–H groups in total. The Bertz CT molecular complexity index is 588. The average Bonchev–Trinajstić information content (AvgIpc) is 2.89. The molecular weight excluding hydrogens is 332 g/mol. The van der Waals surface area contributed by atoms with Crippen LogP contribution in [0.5, 0.6) is 0 Å². The van der Waals surface area contributed by atoms with Crippen molar-refractivity contribution < 1.29 is 4.42 Å². The zero-order valence-corrected chi connectivity index (χ0v) is 14.4. The molecule has 0 saturated heterocycles. The van der Waals surface area contributed by atoms with Crippen molar-refractivity contribution in [3.05, 3.63) is 33.6 Å². The lowest BCUT2D eigenvalue weighted by Crippen LogP contribution is -2.19. The molecule has 21 heavy (non-hydrogen) atoms. The van der Waals surface area contributed by atoms with Gasteiger partial charge >= 0.3 is 6.01 Å². The standard InChI is InChI=1S/C15H21BrN4O/c1-5-6-17-11(4)14-19-20-15(21-14)18-13-9(2)7-12(16)8-10(13)3/h7-8,11,17H,5-6H2,1-4H3,(H,18,20). The summed E-state index contributed by atoms with van der Waals surface area (Å²) in [5.74, 6) is 0.596. The zero-order valence-electron chi connectivity index (χ0n) is 12.8. The van der Waals surface area contributed by atoms with Crippen LogP contribution in [0.2, 0.25) is 0 Å². The molecule has 0 aliphatic carbocycles. The van der Waals surface area contributed by atoms with Gasteiger partial charge in [-0.25, -0.2) is 0 Å². The second kappa shape index (κ2) is 7.04. The fourth-order valence-electron chi connectivity index (χ4n) is 2.12. The number of hydrogen-bond donors (Lipinski definition) is 2. The Morgan fingerprint density at radius 2 is 1.90 bits per heavy atom. The molecule has 0 amide bonds. The summed E-state index contributed by atoms with van der Waals surface area (Å²) < 4.78 is 6.74. The highest BCUT2D eigenvalue weighted by Gasteiger charge is 2.14. The van der Waals surface area contributed by atoms with E-state index in [-0.39, 0.29) is 6.04 Å². The van der Waals surface area contributed by atoms with Gasteiger partial charge in [0.05, 0.1) is 6.04 Å². The van der Waals surface area contributed by atoms with Crippen molar-refractivity contribution in [1.82, 2.24) is 15.5 Å². The smallest absolute Gasteiger partial charge is 0.320 e. The summed E-state index contributed by atoms with van der Waals surface area (Å²) in [5.41, 5.74) is 3.25. The molecule has 114 valence electrons. The number of aryl methyl sites for hydroxylation is 2. The van der Waals surface area contributed by atoms with Crippen LogP contribution in [0.1, 0.15) is 43.3 Å². The van der Waals surface area contributed by atoms with E-state index in [1.165, 1.54) is 0 Å². The number of rotatable bonds is 6. The molecule has 0 aliphatic heterocycles. The maximum atomic E-state index is 5.68. The van der Waals surface area contributed by atoms with Crippen molar-refractivity contribution in [1.29, 1.82) is 0 Å². The minimum atomic E-state index is 0.0557. The molecule has 2 aromatic rings. The summed E-state index contributed by atoms with van der Waals surface area (Å²) in [6, 6.07) is 4.58. The Morgan fingerprint density at radius 3 is 2.52 bits per heavy atom. The van der Waals surface area contributed by atoms with Gasteiger partial charge in [0.15, 0.2) is 0 Å². The molecule has 0 saturated carbocycles. The van der Waals surface area contributed by atoms with Gasteiger partial charge in [0.25, 0.3) is 0 Å². The van der Waals surface area contributed by atoms with Gasteiger partial charge in [0.1, 0.15) is 0 Å². The number of anilines is 2. The van der Waals surface area contributed by atoms with Crippen molar-refractivity contribution in [3.63, 3.8) is 0 Å². The minimum Gasteiger partial charge on any atom is -0.406 e. The quantitative estimate of drug-likeness (QED) is 0.813. The van der Waals surface area contributed by atoms with E-state index in [1.54, 1.807) is 0 Å². The number of halogens is 1. The molecule has 0 spiro atoms. The van der Waals surface area contributed by atoms with Crippen LogP contribution in [0.3, 0.4) is 0 Å². The highest BCUT2D eigenvalue weighted by Crippen LogP contribution is 2.28. The fourth-order valence-corrected chi connectivity index (χ4v) is 2.81. The molecule has 1 atom stereocenters. The summed E-state index contributed by atoms with van der Waals surface area (Å²) in [6.07, 6.45) is 1.07. The Kier molecular flexibility index (Phi) is 5.36. The van der Waals surface area contributed by atoms with E-state index < -0.39 is 0 Å². The van der Waals surface area contributed by atoms with Crippen molar-refractivity contribution in [2.45, 2.75) is 40.2 Å². The predicted molar refractivity (Wildman–Crippen MR) is 87.9 cm³/mol. The molecule has 0 aliphatic rings. The lowest BCUT2D eigenvalue weighted by molar-refractivity contribution is 0.424.